The van der Waals surface area contributed by atoms with Crippen LogP contribution in [0, 0.1) is 6.92 Å². The van der Waals surface area contributed by atoms with Gasteiger partial charge in [0.25, 0.3) is 0 Å². The highest BCUT2D eigenvalue weighted by molar-refractivity contribution is 5.27. The molecule has 5 nitrogen and oxygen atoms in total. The molecule has 1 fully saturated rings. The molecule has 1 aromatic heterocycles. The average molecular weight is 205 g/mol. The van der Waals surface area contributed by atoms with Crippen molar-refractivity contribution in [1.29, 1.82) is 0 Å². The number of hydrogen-bond donors (Lipinski definition) is 1. The van der Waals surface area contributed by atoms with Crippen molar-refractivity contribution >= 4 is 0 Å². The van der Waals surface area contributed by atoms with Gasteiger partial charge < -0.3 is 0 Å². The maximum absolute atomic E-state index is 8.34. The van der Waals surface area contributed by atoms with Crippen LogP contribution >= 0.6 is 0 Å². The zero-order chi connectivity index (χ0) is 10.7. The molecule has 0 unspecified atom stereocenters. The molecule has 1 saturated carbocycles. The lowest BCUT2D eigenvalue weighted by Gasteiger charge is -2.07. The standard InChI is InChI=1S/C10H15N5/c1-7-9(6-12-15-11)10(14-13-7)8-4-2-3-5-8/h8H,2-6H2,1H3,(H,13,14). The summed E-state index contributed by atoms with van der Waals surface area (Å²) in [6.45, 7) is 2.40. The summed E-state index contributed by atoms with van der Waals surface area (Å²) in [6.07, 6.45) is 5.01. The van der Waals surface area contributed by atoms with E-state index in [-0.39, 0.29) is 0 Å². The van der Waals surface area contributed by atoms with Crippen molar-refractivity contribution in [3.05, 3.63) is 27.4 Å². The Kier molecular flexibility index (Phi) is 2.92. The Morgan fingerprint density at radius 1 is 1.53 bits per heavy atom. The zero-order valence-corrected chi connectivity index (χ0v) is 8.90. The SMILES string of the molecule is Cc1[nH]nc(C2CCCC2)c1CN=[N+]=[N-]. The monoisotopic (exact) mass is 205 g/mol. The molecule has 1 heterocycles. The second kappa shape index (κ2) is 4.36. The van der Waals surface area contributed by atoms with Gasteiger partial charge in [0, 0.05) is 22.1 Å². The average Bonchev–Trinajstić information content (AvgIpc) is 2.84. The van der Waals surface area contributed by atoms with E-state index in [1.54, 1.807) is 0 Å². The number of aromatic amines is 1. The van der Waals surface area contributed by atoms with Crippen LogP contribution in [0.4, 0.5) is 0 Å². The van der Waals surface area contributed by atoms with Crippen LogP contribution in [0.15, 0.2) is 5.11 Å². The Balaban J connectivity index is 2.25. The van der Waals surface area contributed by atoms with Gasteiger partial charge >= 0.3 is 0 Å². The smallest absolute Gasteiger partial charge is 0.0688 e. The fraction of sp³-hybridized carbons (Fsp3) is 0.700. The molecule has 0 radical (unpaired) electrons. The fourth-order valence-corrected chi connectivity index (χ4v) is 2.31. The molecule has 5 heteroatoms. The van der Waals surface area contributed by atoms with E-state index in [2.05, 4.69) is 20.2 Å². The Morgan fingerprint density at radius 2 is 2.27 bits per heavy atom. The minimum absolute atomic E-state index is 0.421. The summed E-state index contributed by atoms with van der Waals surface area (Å²) in [5.74, 6) is 0.568. The van der Waals surface area contributed by atoms with E-state index in [1.165, 1.54) is 25.7 Å². The summed E-state index contributed by atoms with van der Waals surface area (Å²) in [4.78, 5) is 2.80. The van der Waals surface area contributed by atoms with Crippen LogP contribution in [0.25, 0.3) is 10.4 Å². The topological polar surface area (TPSA) is 77.4 Å². The Hall–Kier alpha value is -1.48. The van der Waals surface area contributed by atoms with E-state index in [0.29, 0.717) is 12.5 Å². The molecule has 1 aliphatic carbocycles. The second-order valence-corrected chi connectivity index (χ2v) is 4.08. The molecule has 0 saturated heterocycles. The molecule has 0 atom stereocenters. The third-order valence-electron chi connectivity index (χ3n) is 3.14. The highest BCUT2D eigenvalue weighted by Gasteiger charge is 2.23. The van der Waals surface area contributed by atoms with E-state index < -0.39 is 0 Å². The Bertz CT molecular complexity index is 383. The first-order valence-corrected chi connectivity index (χ1v) is 5.37. The number of aryl methyl sites for hydroxylation is 1. The van der Waals surface area contributed by atoms with Crippen LogP contribution in [0.5, 0.6) is 0 Å². The zero-order valence-electron chi connectivity index (χ0n) is 8.90. The highest BCUT2D eigenvalue weighted by atomic mass is 15.2. The molecule has 0 bridgehead atoms. The number of rotatable bonds is 3. The first-order chi connectivity index (χ1) is 7.33. The van der Waals surface area contributed by atoms with Crippen LogP contribution in [0.3, 0.4) is 0 Å². The quantitative estimate of drug-likeness (QED) is 0.459. The van der Waals surface area contributed by atoms with E-state index >= 15 is 0 Å². The van der Waals surface area contributed by atoms with E-state index in [0.717, 1.165) is 17.0 Å². The van der Waals surface area contributed by atoms with Crippen LogP contribution in [-0.4, -0.2) is 10.2 Å². The van der Waals surface area contributed by atoms with E-state index in [9.17, 15) is 0 Å². The van der Waals surface area contributed by atoms with Crippen molar-refractivity contribution in [2.24, 2.45) is 5.11 Å². The third-order valence-corrected chi connectivity index (χ3v) is 3.14. The van der Waals surface area contributed by atoms with Gasteiger partial charge in [-0.05, 0) is 25.3 Å². The van der Waals surface area contributed by atoms with E-state index in [1.807, 2.05) is 6.92 Å². The molecule has 15 heavy (non-hydrogen) atoms. The maximum Gasteiger partial charge on any atom is 0.0688 e. The highest BCUT2D eigenvalue weighted by Crippen LogP contribution is 2.35. The van der Waals surface area contributed by atoms with Gasteiger partial charge in [-0.1, -0.05) is 18.0 Å². The molecule has 80 valence electrons. The van der Waals surface area contributed by atoms with Crippen LogP contribution in [-0.2, 0) is 6.54 Å². The van der Waals surface area contributed by atoms with Crippen LogP contribution < -0.4 is 0 Å². The van der Waals surface area contributed by atoms with Gasteiger partial charge in [0.1, 0.15) is 0 Å². The molecule has 0 spiro atoms. The molecule has 0 aromatic carbocycles. The van der Waals surface area contributed by atoms with Gasteiger partial charge in [-0.2, -0.15) is 5.10 Å². The summed E-state index contributed by atoms with van der Waals surface area (Å²) >= 11 is 0. The first-order valence-electron chi connectivity index (χ1n) is 5.37. The van der Waals surface area contributed by atoms with Crippen molar-refractivity contribution in [3.63, 3.8) is 0 Å². The number of hydrogen-bond acceptors (Lipinski definition) is 2. The predicted octanol–water partition coefficient (Wildman–Crippen LogP) is 3.19. The summed E-state index contributed by atoms with van der Waals surface area (Å²) in [5, 5.41) is 11.0. The minimum Gasteiger partial charge on any atom is -0.282 e. The molecule has 2 rings (SSSR count). The number of H-pyrrole nitrogens is 1. The van der Waals surface area contributed by atoms with Crippen molar-refractivity contribution in [2.75, 3.05) is 0 Å². The van der Waals surface area contributed by atoms with Gasteiger partial charge in [-0.25, -0.2) is 0 Å². The lowest BCUT2D eigenvalue weighted by molar-refractivity contribution is 0.684. The summed E-state index contributed by atoms with van der Waals surface area (Å²) in [6, 6.07) is 0. The minimum atomic E-state index is 0.421. The molecular formula is C10H15N5. The van der Waals surface area contributed by atoms with Crippen molar-refractivity contribution < 1.29 is 0 Å². The normalized spacial score (nSPS) is 16.6. The predicted molar refractivity (Wildman–Crippen MR) is 57.4 cm³/mol. The number of aromatic nitrogens is 2. The van der Waals surface area contributed by atoms with Gasteiger partial charge in [0.2, 0.25) is 0 Å². The molecular weight excluding hydrogens is 190 g/mol. The van der Waals surface area contributed by atoms with Gasteiger partial charge in [-0.15, -0.1) is 0 Å². The van der Waals surface area contributed by atoms with Gasteiger partial charge in [0.05, 0.1) is 12.2 Å². The summed E-state index contributed by atoms with van der Waals surface area (Å²) in [5.41, 5.74) is 11.6. The van der Waals surface area contributed by atoms with Crippen molar-refractivity contribution in [3.8, 4) is 0 Å². The maximum atomic E-state index is 8.34. The molecule has 0 amide bonds. The van der Waals surface area contributed by atoms with Gasteiger partial charge in [-0.3, -0.25) is 5.10 Å². The lowest BCUT2D eigenvalue weighted by Crippen LogP contribution is -1.97. The number of azide groups is 1. The fourth-order valence-electron chi connectivity index (χ4n) is 2.31. The van der Waals surface area contributed by atoms with E-state index in [4.69, 9.17) is 5.53 Å². The lowest BCUT2D eigenvalue weighted by atomic mass is 9.99. The van der Waals surface area contributed by atoms with Crippen LogP contribution in [0.2, 0.25) is 0 Å². The first kappa shape index (κ1) is 10.1. The summed E-state index contributed by atoms with van der Waals surface area (Å²) < 4.78 is 0. The van der Waals surface area contributed by atoms with Crippen molar-refractivity contribution in [1.82, 2.24) is 10.2 Å². The molecule has 1 aromatic rings. The van der Waals surface area contributed by atoms with Crippen molar-refractivity contribution in [2.45, 2.75) is 45.1 Å². The second-order valence-electron chi connectivity index (χ2n) is 4.08. The Morgan fingerprint density at radius 3 is 2.93 bits per heavy atom. The number of nitrogens with zero attached hydrogens (tertiary/aromatic N) is 4. The molecule has 0 aliphatic heterocycles. The third kappa shape index (κ3) is 1.97. The molecule has 1 N–H and O–H groups in total. The number of nitrogens with one attached hydrogen (secondary N) is 1. The molecule has 1 aliphatic rings. The van der Waals surface area contributed by atoms with Gasteiger partial charge in [0.15, 0.2) is 0 Å². The largest absolute Gasteiger partial charge is 0.282 e. The summed E-state index contributed by atoms with van der Waals surface area (Å²) in [7, 11) is 0. The van der Waals surface area contributed by atoms with Crippen LogP contribution in [0.1, 0.15) is 48.6 Å². The Labute approximate surface area is 88.5 Å².